The second kappa shape index (κ2) is 4.72. The van der Waals surface area contributed by atoms with Crippen LogP contribution in [0.3, 0.4) is 0 Å². The standard InChI is InChI=1S/C13H13NO5/c1-6-3-2-4-7(12(16)17)10(6)14-11(15)8-5-9(8)13(18)19/h2-4,8-9H,5H2,1H3,(H,14,15)(H,16,17)(H,18,19)/t8-,9-/m0/s1. The van der Waals surface area contributed by atoms with Crippen molar-refractivity contribution in [1.82, 2.24) is 0 Å². The Morgan fingerprint density at radius 3 is 2.42 bits per heavy atom. The molecule has 1 aliphatic carbocycles. The number of carbonyl (C=O) groups excluding carboxylic acids is 1. The maximum atomic E-state index is 11.8. The largest absolute Gasteiger partial charge is 0.481 e. The van der Waals surface area contributed by atoms with Crippen molar-refractivity contribution in [1.29, 1.82) is 0 Å². The Kier molecular flexibility index (Phi) is 3.25. The minimum absolute atomic E-state index is 0.000810. The molecule has 0 unspecified atom stereocenters. The normalized spacial score (nSPS) is 20.7. The first-order valence-corrected chi connectivity index (χ1v) is 5.78. The van der Waals surface area contributed by atoms with Gasteiger partial charge in [0.15, 0.2) is 0 Å². The molecular weight excluding hydrogens is 250 g/mol. The van der Waals surface area contributed by atoms with Gasteiger partial charge in [0, 0.05) is 0 Å². The van der Waals surface area contributed by atoms with Crippen LogP contribution in [0, 0.1) is 18.8 Å². The van der Waals surface area contributed by atoms with Crippen molar-refractivity contribution >= 4 is 23.5 Å². The number of carboxylic acid groups (broad SMARTS) is 2. The van der Waals surface area contributed by atoms with Crippen LogP contribution >= 0.6 is 0 Å². The highest BCUT2D eigenvalue weighted by molar-refractivity contribution is 6.04. The number of rotatable bonds is 4. The zero-order chi connectivity index (χ0) is 14.2. The maximum Gasteiger partial charge on any atom is 0.337 e. The molecule has 0 aromatic heterocycles. The van der Waals surface area contributed by atoms with E-state index in [1.165, 1.54) is 6.07 Å². The van der Waals surface area contributed by atoms with Crippen molar-refractivity contribution in [2.24, 2.45) is 11.8 Å². The quantitative estimate of drug-likeness (QED) is 0.760. The minimum Gasteiger partial charge on any atom is -0.481 e. The molecule has 2 atom stereocenters. The van der Waals surface area contributed by atoms with Crippen molar-refractivity contribution in [2.75, 3.05) is 5.32 Å². The molecule has 3 N–H and O–H groups in total. The second-order valence-corrected chi connectivity index (χ2v) is 4.58. The van der Waals surface area contributed by atoms with Crippen LogP contribution in [0.15, 0.2) is 18.2 Å². The number of amides is 1. The van der Waals surface area contributed by atoms with Crippen LogP contribution in [0.1, 0.15) is 22.3 Å². The van der Waals surface area contributed by atoms with Crippen LogP contribution in [0.4, 0.5) is 5.69 Å². The summed E-state index contributed by atoms with van der Waals surface area (Å²) in [5.74, 6) is -3.80. The van der Waals surface area contributed by atoms with Gasteiger partial charge in [-0.3, -0.25) is 9.59 Å². The Balaban J connectivity index is 2.18. The predicted octanol–water partition coefficient (Wildman–Crippen LogP) is 1.35. The summed E-state index contributed by atoms with van der Waals surface area (Å²) in [6.45, 7) is 1.68. The summed E-state index contributed by atoms with van der Waals surface area (Å²) in [6, 6.07) is 4.67. The lowest BCUT2D eigenvalue weighted by Crippen LogP contribution is -2.19. The predicted molar refractivity (Wildman–Crippen MR) is 66.0 cm³/mol. The fourth-order valence-electron chi connectivity index (χ4n) is 1.99. The third-order valence-corrected chi connectivity index (χ3v) is 3.20. The first-order valence-electron chi connectivity index (χ1n) is 5.78. The average Bonchev–Trinajstić information content (AvgIpc) is 3.11. The summed E-state index contributed by atoms with van der Waals surface area (Å²) in [6.07, 6.45) is 0.301. The van der Waals surface area contributed by atoms with E-state index in [4.69, 9.17) is 10.2 Å². The summed E-state index contributed by atoms with van der Waals surface area (Å²) < 4.78 is 0. The summed E-state index contributed by atoms with van der Waals surface area (Å²) in [5.41, 5.74) is 0.859. The lowest BCUT2D eigenvalue weighted by Gasteiger charge is -2.11. The first-order chi connectivity index (χ1) is 8.91. The highest BCUT2D eigenvalue weighted by atomic mass is 16.4. The first kappa shape index (κ1) is 13.1. The van der Waals surface area contributed by atoms with Gasteiger partial charge in [-0.1, -0.05) is 12.1 Å². The molecule has 0 saturated heterocycles. The van der Waals surface area contributed by atoms with Gasteiger partial charge in [0.2, 0.25) is 5.91 Å². The van der Waals surface area contributed by atoms with Gasteiger partial charge in [-0.25, -0.2) is 4.79 Å². The third-order valence-electron chi connectivity index (χ3n) is 3.20. The summed E-state index contributed by atoms with van der Waals surface area (Å²) >= 11 is 0. The van der Waals surface area contributed by atoms with E-state index in [-0.39, 0.29) is 11.3 Å². The summed E-state index contributed by atoms with van der Waals surface area (Å²) in [5, 5.41) is 20.3. The molecule has 2 rings (SSSR count). The van der Waals surface area contributed by atoms with Crippen LogP contribution in [-0.4, -0.2) is 28.1 Å². The summed E-state index contributed by atoms with van der Waals surface area (Å²) in [4.78, 5) is 33.6. The molecule has 19 heavy (non-hydrogen) atoms. The van der Waals surface area contributed by atoms with Crippen molar-refractivity contribution in [2.45, 2.75) is 13.3 Å². The minimum atomic E-state index is -1.13. The number of anilines is 1. The van der Waals surface area contributed by atoms with Gasteiger partial charge in [0.25, 0.3) is 0 Å². The zero-order valence-corrected chi connectivity index (χ0v) is 10.2. The van der Waals surface area contributed by atoms with Crippen LogP contribution in [0.25, 0.3) is 0 Å². The third kappa shape index (κ3) is 2.57. The van der Waals surface area contributed by atoms with Gasteiger partial charge in [-0.05, 0) is 25.0 Å². The molecule has 0 heterocycles. The molecule has 6 nitrogen and oxygen atoms in total. The summed E-state index contributed by atoms with van der Waals surface area (Å²) in [7, 11) is 0. The van der Waals surface area contributed by atoms with Crippen LogP contribution < -0.4 is 5.32 Å². The number of para-hydroxylation sites is 1. The maximum absolute atomic E-state index is 11.8. The Morgan fingerprint density at radius 2 is 1.89 bits per heavy atom. The van der Waals surface area contributed by atoms with Crippen LogP contribution in [0.2, 0.25) is 0 Å². The molecule has 0 aliphatic heterocycles. The molecule has 0 spiro atoms. The number of hydrogen-bond acceptors (Lipinski definition) is 3. The van der Waals surface area contributed by atoms with E-state index in [9.17, 15) is 14.4 Å². The number of aromatic carboxylic acids is 1. The number of aliphatic carboxylic acids is 1. The Bertz CT molecular complexity index is 566. The molecule has 1 fully saturated rings. The van der Waals surface area contributed by atoms with E-state index in [1.54, 1.807) is 19.1 Å². The van der Waals surface area contributed by atoms with Gasteiger partial charge >= 0.3 is 11.9 Å². The topological polar surface area (TPSA) is 104 Å². The molecule has 100 valence electrons. The molecule has 0 bridgehead atoms. The molecule has 1 saturated carbocycles. The average molecular weight is 263 g/mol. The Morgan fingerprint density at radius 1 is 1.21 bits per heavy atom. The lowest BCUT2D eigenvalue weighted by atomic mass is 10.1. The number of nitrogens with one attached hydrogen (secondary N) is 1. The highest BCUT2D eigenvalue weighted by Crippen LogP contribution is 2.39. The van der Waals surface area contributed by atoms with Crippen molar-refractivity contribution in [3.05, 3.63) is 29.3 Å². The van der Waals surface area contributed by atoms with Crippen LogP contribution in [0.5, 0.6) is 0 Å². The Labute approximate surface area is 109 Å². The molecular formula is C13H13NO5. The number of benzene rings is 1. The van der Waals surface area contributed by atoms with Crippen molar-refractivity contribution in [3.63, 3.8) is 0 Å². The van der Waals surface area contributed by atoms with E-state index < -0.39 is 29.7 Å². The lowest BCUT2D eigenvalue weighted by molar-refractivity contribution is -0.139. The van der Waals surface area contributed by atoms with Gasteiger partial charge in [-0.15, -0.1) is 0 Å². The van der Waals surface area contributed by atoms with E-state index in [0.29, 0.717) is 12.0 Å². The van der Waals surface area contributed by atoms with Gasteiger partial charge in [0.1, 0.15) is 0 Å². The molecule has 1 aromatic rings. The molecule has 6 heteroatoms. The highest BCUT2D eigenvalue weighted by Gasteiger charge is 2.48. The molecule has 1 aromatic carbocycles. The van der Waals surface area contributed by atoms with Crippen LogP contribution in [-0.2, 0) is 9.59 Å². The van der Waals surface area contributed by atoms with E-state index in [2.05, 4.69) is 5.32 Å². The fourth-order valence-corrected chi connectivity index (χ4v) is 1.99. The van der Waals surface area contributed by atoms with Gasteiger partial charge < -0.3 is 15.5 Å². The monoisotopic (exact) mass is 263 g/mol. The number of carboxylic acids is 2. The van der Waals surface area contributed by atoms with E-state index in [0.717, 1.165) is 0 Å². The van der Waals surface area contributed by atoms with Gasteiger partial charge in [0.05, 0.1) is 23.1 Å². The Hall–Kier alpha value is -2.37. The smallest absolute Gasteiger partial charge is 0.337 e. The SMILES string of the molecule is Cc1cccc(C(=O)O)c1NC(=O)[C@H]1C[C@@H]1C(=O)O. The van der Waals surface area contributed by atoms with Crippen molar-refractivity contribution < 1.29 is 24.6 Å². The fraction of sp³-hybridized carbons (Fsp3) is 0.308. The number of carbonyl (C=O) groups is 3. The van der Waals surface area contributed by atoms with E-state index in [1.807, 2.05) is 0 Å². The van der Waals surface area contributed by atoms with Crippen molar-refractivity contribution in [3.8, 4) is 0 Å². The number of hydrogen-bond donors (Lipinski definition) is 3. The molecule has 1 amide bonds. The zero-order valence-electron chi connectivity index (χ0n) is 10.2. The molecule has 0 radical (unpaired) electrons. The second-order valence-electron chi connectivity index (χ2n) is 4.58. The van der Waals surface area contributed by atoms with E-state index >= 15 is 0 Å². The molecule has 1 aliphatic rings. The van der Waals surface area contributed by atoms with Gasteiger partial charge in [-0.2, -0.15) is 0 Å². The number of aryl methyl sites for hydroxylation is 1.